The smallest absolute Gasteiger partial charge is 0.345 e. The lowest BCUT2D eigenvalue weighted by molar-refractivity contribution is -0.394. The summed E-state index contributed by atoms with van der Waals surface area (Å²) in [5, 5.41) is 23.2. The van der Waals surface area contributed by atoms with Crippen LogP contribution in [0.25, 0.3) is 0 Å². The van der Waals surface area contributed by atoms with Gasteiger partial charge in [-0.3, -0.25) is 25.0 Å². The number of nitrogens with zero attached hydrogens (tertiary/aromatic N) is 2. The minimum absolute atomic E-state index is 0.385. The monoisotopic (exact) mass is 336 g/mol. The average Bonchev–Trinajstić information content (AvgIpc) is 3.06. The van der Waals surface area contributed by atoms with Gasteiger partial charge in [-0.15, -0.1) is 11.3 Å². The molecule has 23 heavy (non-hydrogen) atoms. The van der Waals surface area contributed by atoms with Crippen LogP contribution in [-0.4, -0.2) is 28.2 Å². The van der Waals surface area contributed by atoms with E-state index in [2.05, 4.69) is 0 Å². The first-order valence-electron chi connectivity index (χ1n) is 6.07. The summed E-state index contributed by atoms with van der Waals surface area (Å²) in [4.78, 5) is 43.8. The molecule has 0 amide bonds. The number of non-ortho nitro benzene ring substituents is 1. The maximum absolute atomic E-state index is 11.9. The van der Waals surface area contributed by atoms with Gasteiger partial charge in [0.05, 0.1) is 20.8 Å². The van der Waals surface area contributed by atoms with E-state index in [1.165, 1.54) is 11.3 Å². The Morgan fingerprint density at radius 2 is 1.87 bits per heavy atom. The number of hydrogen-bond donors (Lipinski definition) is 0. The van der Waals surface area contributed by atoms with Crippen molar-refractivity contribution in [1.82, 2.24) is 0 Å². The fraction of sp³-hybridized carbons (Fsp3) is 0.0769. The van der Waals surface area contributed by atoms with Crippen LogP contribution in [0, 0.1) is 20.2 Å². The Morgan fingerprint density at radius 1 is 1.13 bits per heavy atom. The number of nitro groups is 2. The summed E-state index contributed by atoms with van der Waals surface area (Å²) >= 11 is 1.17. The average molecular weight is 336 g/mol. The molecule has 0 aliphatic rings. The molecule has 0 unspecified atom stereocenters. The molecule has 0 spiro atoms. The van der Waals surface area contributed by atoms with Gasteiger partial charge in [0.25, 0.3) is 11.4 Å². The van der Waals surface area contributed by atoms with Crippen LogP contribution in [0.15, 0.2) is 35.7 Å². The van der Waals surface area contributed by atoms with Gasteiger partial charge in [-0.25, -0.2) is 4.79 Å². The molecule has 2 aromatic rings. The van der Waals surface area contributed by atoms with Crippen LogP contribution in [-0.2, 0) is 4.74 Å². The Balaban J connectivity index is 2.17. The highest BCUT2D eigenvalue weighted by molar-refractivity contribution is 7.12. The largest absolute Gasteiger partial charge is 0.453 e. The lowest BCUT2D eigenvalue weighted by Gasteiger charge is -2.04. The van der Waals surface area contributed by atoms with Gasteiger partial charge < -0.3 is 4.74 Å². The molecule has 9 nitrogen and oxygen atoms in total. The molecule has 0 N–H and O–H groups in total. The number of rotatable bonds is 6. The van der Waals surface area contributed by atoms with Crippen molar-refractivity contribution in [3.8, 4) is 0 Å². The van der Waals surface area contributed by atoms with Crippen LogP contribution in [0.3, 0.4) is 0 Å². The summed E-state index contributed by atoms with van der Waals surface area (Å²) in [7, 11) is 0. The normalized spacial score (nSPS) is 10.1. The van der Waals surface area contributed by atoms with Crippen molar-refractivity contribution in [3.05, 3.63) is 66.4 Å². The van der Waals surface area contributed by atoms with Crippen LogP contribution in [0.2, 0.25) is 0 Å². The second-order valence-electron chi connectivity index (χ2n) is 4.19. The van der Waals surface area contributed by atoms with Gasteiger partial charge in [-0.1, -0.05) is 6.07 Å². The Labute approximate surface area is 132 Å². The summed E-state index contributed by atoms with van der Waals surface area (Å²) in [5.41, 5.74) is -1.74. The molecule has 0 saturated carbocycles. The lowest BCUT2D eigenvalue weighted by Crippen LogP contribution is -2.14. The maximum atomic E-state index is 11.9. The zero-order valence-electron chi connectivity index (χ0n) is 11.3. The molecule has 0 aliphatic carbocycles. The SMILES string of the molecule is O=C(COC(=O)c1ccc([N+](=O)[O-])cc1[N+](=O)[O-])c1cccs1. The van der Waals surface area contributed by atoms with E-state index >= 15 is 0 Å². The van der Waals surface area contributed by atoms with Crippen LogP contribution < -0.4 is 0 Å². The molecule has 0 radical (unpaired) electrons. The zero-order valence-corrected chi connectivity index (χ0v) is 12.1. The predicted molar refractivity (Wildman–Crippen MR) is 78.7 cm³/mol. The number of thiophene rings is 1. The molecule has 1 heterocycles. The first kappa shape index (κ1) is 16.2. The molecule has 10 heteroatoms. The number of esters is 1. The standard InChI is InChI=1S/C13H8N2O7S/c16-11(12-2-1-5-23-12)7-22-13(17)9-4-3-8(14(18)19)6-10(9)15(20)21/h1-6H,7H2. The van der Waals surface area contributed by atoms with Crippen LogP contribution >= 0.6 is 11.3 Å². The van der Waals surface area contributed by atoms with Crippen molar-refractivity contribution in [2.24, 2.45) is 0 Å². The van der Waals surface area contributed by atoms with Crippen molar-refractivity contribution < 1.29 is 24.2 Å². The van der Waals surface area contributed by atoms with Crippen LogP contribution in [0.5, 0.6) is 0 Å². The van der Waals surface area contributed by atoms with Gasteiger partial charge in [0.1, 0.15) is 5.56 Å². The van der Waals surface area contributed by atoms with E-state index in [4.69, 9.17) is 4.74 Å². The van der Waals surface area contributed by atoms with Crippen LogP contribution in [0.1, 0.15) is 20.0 Å². The first-order chi connectivity index (χ1) is 10.9. The van der Waals surface area contributed by atoms with Gasteiger partial charge in [-0.2, -0.15) is 0 Å². The third-order valence-corrected chi connectivity index (χ3v) is 3.65. The number of nitro benzene ring substituents is 2. The number of benzene rings is 1. The van der Waals surface area contributed by atoms with Gasteiger partial charge >= 0.3 is 5.97 Å². The van der Waals surface area contributed by atoms with E-state index < -0.39 is 45.1 Å². The number of Topliss-reactive ketones (excluding diaryl/α,β-unsaturated/α-hetero) is 1. The van der Waals surface area contributed by atoms with E-state index in [-0.39, 0.29) is 0 Å². The highest BCUT2D eigenvalue weighted by Gasteiger charge is 2.25. The molecule has 0 bridgehead atoms. The molecule has 0 atom stereocenters. The first-order valence-corrected chi connectivity index (χ1v) is 6.94. The third-order valence-electron chi connectivity index (χ3n) is 2.74. The summed E-state index contributed by atoms with van der Waals surface area (Å²) in [6.45, 7) is -0.576. The van der Waals surface area contributed by atoms with E-state index in [0.717, 1.165) is 12.1 Å². The van der Waals surface area contributed by atoms with E-state index in [1.54, 1.807) is 17.5 Å². The summed E-state index contributed by atoms with van der Waals surface area (Å²) < 4.78 is 4.75. The summed E-state index contributed by atoms with van der Waals surface area (Å²) in [6.07, 6.45) is 0. The number of ether oxygens (including phenoxy) is 1. The fourth-order valence-electron chi connectivity index (χ4n) is 1.67. The van der Waals surface area contributed by atoms with E-state index in [9.17, 15) is 29.8 Å². The molecule has 0 fully saturated rings. The Kier molecular flexibility index (Phi) is 4.76. The van der Waals surface area contributed by atoms with E-state index in [1.807, 2.05) is 0 Å². The summed E-state index contributed by atoms with van der Waals surface area (Å²) in [6, 6.07) is 5.74. The Bertz CT molecular complexity index is 786. The zero-order chi connectivity index (χ0) is 17.0. The molecule has 0 aliphatic heterocycles. The second kappa shape index (κ2) is 6.75. The van der Waals surface area contributed by atoms with Crippen LogP contribution in [0.4, 0.5) is 11.4 Å². The third kappa shape index (κ3) is 3.74. The van der Waals surface area contributed by atoms with Gasteiger partial charge in [0.15, 0.2) is 6.61 Å². The number of hydrogen-bond acceptors (Lipinski definition) is 8. The minimum atomic E-state index is -1.10. The number of ketones is 1. The van der Waals surface area contributed by atoms with Crippen molar-refractivity contribution in [2.45, 2.75) is 0 Å². The second-order valence-corrected chi connectivity index (χ2v) is 5.14. The molecule has 0 saturated heterocycles. The highest BCUT2D eigenvalue weighted by atomic mass is 32.1. The highest BCUT2D eigenvalue weighted by Crippen LogP contribution is 2.25. The number of carbonyl (C=O) groups is 2. The fourth-order valence-corrected chi connectivity index (χ4v) is 2.33. The molecular formula is C13H8N2O7S. The molecular weight excluding hydrogens is 328 g/mol. The molecule has 2 rings (SSSR count). The lowest BCUT2D eigenvalue weighted by atomic mass is 10.1. The molecule has 1 aromatic carbocycles. The Hall–Kier alpha value is -3.14. The maximum Gasteiger partial charge on any atom is 0.345 e. The van der Waals surface area contributed by atoms with E-state index in [0.29, 0.717) is 10.9 Å². The van der Waals surface area contributed by atoms with Crippen molar-refractivity contribution in [2.75, 3.05) is 6.61 Å². The Morgan fingerprint density at radius 3 is 2.43 bits per heavy atom. The van der Waals surface area contributed by atoms with Gasteiger partial charge in [0, 0.05) is 6.07 Å². The quantitative estimate of drug-likeness (QED) is 0.343. The van der Waals surface area contributed by atoms with Crippen molar-refractivity contribution in [1.29, 1.82) is 0 Å². The summed E-state index contributed by atoms with van der Waals surface area (Å²) in [5.74, 6) is -1.55. The predicted octanol–water partition coefficient (Wildman–Crippen LogP) is 2.60. The van der Waals surface area contributed by atoms with Gasteiger partial charge in [-0.05, 0) is 17.5 Å². The molecule has 1 aromatic heterocycles. The topological polar surface area (TPSA) is 130 Å². The number of carbonyl (C=O) groups excluding carboxylic acids is 2. The molecule has 118 valence electrons. The minimum Gasteiger partial charge on any atom is -0.453 e. The van der Waals surface area contributed by atoms with Crippen molar-refractivity contribution in [3.63, 3.8) is 0 Å². The van der Waals surface area contributed by atoms with Crippen molar-refractivity contribution >= 4 is 34.5 Å². The van der Waals surface area contributed by atoms with Gasteiger partial charge in [0.2, 0.25) is 5.78 Å².